The average Bonchev–Trinajstić information content (AvgIpc) is 2.74. The molecular weight excluding hydrogens is 388 g/mol. The lowest BCUT2D eigenvalue weighted by atomic mass is 9.91. The SMILES string of the molecule is CCOC(=O)C=CC(=O)OCCC(=O)OC(=O)C(c1ccccc1)c1ccccc1. The van der Waals surface area contributed by atoms with E-state index in [4.69, 9.17) is 9.47 Å². The molecule has 0 fully saturated rings. The summed E-state index contributed by atoms with van der Waals surface area (Å²) >= 11 is 0. The van der Waals surface area contributed by atoms with Crippen LogP contribution in [0, 0.1) is 0 Å². The fourth-order valence-corrected chi connectivity index (χ4v) is 2.59. The summed E-state index contributed by atoms with van der Waals surface area (Å²) in [4.78, 5) is 47.3. The van der Waals surface area contributed by atoms with Crippen molar-refractivity contribution in [2.75, 3.05) is 13.2 Å². The molecule has 156 valence electrons. The first-order valence-electron chi connectivity index (χ1n) is 9.37. The van der Waals surface area contributed by atoms with Crippen molar-refractivity contribution in [1.82, 2.24) is 0 Å². The fourth-order valence-electron chi connectivity index (χ4n) is 2.59. The van der Waals surface area contributed by atoms with Crippen LogP contribution in [-0.4, -0.2) is 37.1 Å². The van der Waals surface area contributed by atoms with Gasteiger partial charge in [0.25, 0.3) is 0 Å². The zero-order valence-electron chi connectivity index (χ0n) is 16.5. The highest BCUT2D eigenvalue weighted by molar-refractivity contribution is 5.92. The Labute approximate surface area is 174 Å². The van der Waals surface area contributed by atoms with Crippen LogP contribution in [0.1, 0.15) is 30.4 Å². The largest absolute Gasteiger partial charge is 0.463 e. The molecule has 0 unspecified atom stereocenters. The van der Waals surface area contributed by atoms with Crippen molar-refractivity contribution in [3.05, 3.63) is 83.9 Å². The van der Waals surface area contributed by atoms with E-state index < -0.39 is 29.8 Å². The van der Waals surface area contributed by atoms with Crippen molar-refractivity contribution in [2.24, 2.45) is 0 Å². The Balaban J connectivity index is 1.91. The third kappa shape index (κ3) is 7.35. The summed E-state index contributed by atoms with van der Waals surface area (Å²) in [6.45, 7) is 1.53. The molecule has 0 heterocycles. The zero-order valence-corrected chi connectivity index (χ0v) is 16.5. The summed E-state index contributed by atoms with van der Waals surface area (Å²) in [7, 11) is 0. The summed E-state index contributed by atoms with van der Waals surface area (Å²) in [5.41, 5.74) is 1.38. The van der Waals surface area contributed by atoms with Crippen molar-refractivity contribution in [1.29, 1.82) is 0 Å². The quantitative estimate of drug-likeness (QED) is 0.271. The predicted octanol–water partition coefficient (Wildman–Crippen LogP) is 2.94. The van der Waals surface area contributed by atoms with E-state index in [-0.39, 0.29) is 19.6 Å². The molecule has 7 nitrogen and oxygen atoms in total. The third-order valence-electron chi connectivity index (χ3n) is 3.91. The molecule has 0 aliphatic heterocycles. The highest BCUT2D eigenvalue weighted by Gasteiger charge is 2.26. The number of rotatable bonds is 9. The highest BCUT2D eigenvalue weighted by Crippen LogP contribution is 2.26. The molecular formula is C23H22O7. The minimum absolute atomic E-state index is 0.186. The van der Waals surface area contributed by atoms with Crippen LogP contribution in [0.25, 0.3) is 0 Å². The van der Waals surface area contributed by atoms with Gasteiger partial charge >= 0.3 is 23.9 Å². The molecule has 0 aliphatic rings. The van der Waals surface area contributed by atoms with Gasteiger partial charge in [0.15, 0.2) is 0 Å². The molecule has 0 radical (unpaired) electrons. The summed E-state index contributed by atoms with van der Waals surface area (Å²) in [5, 5.41) is 0. The van der Waals surface area contributed by atoms with Crippen molar-refractivity contribution in [3.63, 3.8) is 0 Å². The van der Waals surface area contributed by atoms with Crippen LogP contribution in [0.15, 0.2) is 72.8 Å². The highest BCUT2D eigenvalue weighted by atomic mass is 16.6. The normalized spacial score (nSPS) is 10.6. The van der Waals surface area contributed by atoms with E-state index in [1.165, 1.54) is 0 Å². The Morgan fingerprint density at radius 1 is 0.800 bits per heavy atom. The molecule has 0 aliphatic carbocycles. The molecule has 2 aromatic rings. The second-order valence-electron chi connectivity index (χ2n) is 6.05. The monoisotopic (exact) mass is 410 g/mol. The standard InChI is InChI=1S/C23H22O7/c1-2-28-19(24)13-14-20(25)29-16-15-21(26)30-23(27)22(17-9-5-3-6-10-17)18-11-7-4-8-12-18/h3-14,22H,2,15-16H2,1H3. The molecule has 0 amide bonds. The lowest BCUT2D eigenvalue weighted by Gasteiger charge is -2.16. The first-order chi connectivity index (χ1) is 14.5. The molecule has 0 saturated heterocycles. The van der Waals surface area contributed by atoms with Gasteiger partial charge in [-0.05, 0) is 18.1 Å². The minimum Gasteiger partial charge on any atom is -0.463 e. The molecule has 2 rings (SSSR count). The maximum atomic E-state index is 12.7. The van der Waals surface area contributed by atoms with E-state index >= 15 is 0 Å². The van der Waals surface area contributed by atoms with E-state index in [1.54, 1.807) is 55.5 Å². The van der Waals surface area contributed by atoms with Gasteiger partial charge in [-0.25, -0.2) is 9.59 Å². The first-order valence-corrected chi connectivity index (χ1v) is 9.37. The van der Waals surface area contributed by atoms with Gasteiger partial charge in [0, 0.05) is 12.2 Å². The smallest absolute Gasteiger partial charge is 0.331 e. The lowest BCUT2D eigenvalue weighted by molar-refractivity contribution is -0.161. The minimum atomic E-state index is -0.820. The lowest BCUT2D eigenvalue weighted by Crippen LogP contribution is -2.22. The van der Waals surface area contributed by atoms with Crippen molar-refractivity contribution in [2.45, 2.75) is 19.3 Å². The van der Waals surface area contributed by atoms with Gasteiger partial charge in [0.1, 0.15) is 12.5 Å². The molecule has 0 bridgehead atoms. The van der Waals surface area contributed by atoms with E-state index in [2.05, 4.69) is 4.74 Å². The molecule has 0 saturated carbocycles. The number of esters is 4. The van der Waals surface area contributed by atoms with Crippen molar-refractivity contribution < 1.29 is 33.4 Å². The molecule has 0 N–H and O–H groups in total. The van der Waals surface area contributed by atoms with Gasteiger partial charge < -0.3 is 14.2 Å². The maximum absolute atomic E-state index is 12.7. The maximum Gasteiger partial charge on any atom is 0.331 e. The average molecular weight is 410 g/mol. The summed E-state index contributed by atoms with van der Waals surface area (Å²) in [6, 6.07) is 17.9. The number of ether oxygens (including phenoxy) is 3. The van der Waals surface area contributed by atoms with E-state index in [0.717, 1.165) is 12.2 Å². The topological polar surface area (TPSA) is 96.0 Å². The van der Waals surface area contributed by atoms with Crippen LogP contribution >= 0.6 is 0 Å². The van der Waals surface area contributed by atoms with Gasteiger partial charge in [-0.15, -0.1) is 0 Å². The van der Waals surface area contributed by atoms with Crippen molar-refractivity contribution in [3.8, 4) is 0 Å². The van der Waals surface area contributed by atoms with Gasteiger partial charge in [0.05, 0.1) is 13.0 Å². The first kappa shape index (κ1) is 22.5. The molecule has 0 aromatic heterocycles. The molecule has 30 heavy (non-hydrogen) atoms. The van der Waals surface area contributed by atoms with E-state index in [0.29, 0.717) is 11.1 Å². The fraction of sp³-hybridized carbons (Fsp3) is 0.217. The zero-order chi connectivity index (χ0) is 21.8. The Morgan fingerprint density at radius 2 is 1.30 bits per heavy atom. The summed E-state index contributed by atoms with van der Waals surface area (Å²) in [5.74, 6) is -3.78. The number of hydrogen-bond acceptors (Lipinski definition) is 7. The van der Waals surface area contributed by atoms with Crippen LogP contribution in [-0.2, 0) is 33.4 Å². The predicted molar refractivity (Wildman–Crippen MR) is 107 cm³/mol. The summed E-state index contributed by atoms with van der Waals surface area (Å²) in [6.07, 6.45) is 1.52. The Hall–Kier alpha value is -3.74. The Bertz CT molecular complexity index is 849. The second-order valence-corrected chi connectivity index (χ2v) is 6.05. The molecule has 2 aromatic carbocycles. The Kier molecular flexibility index (Phi) is 8.99. The van der Waals surface area contributed by atoms with Crippen LogP contribution in [0.2, 0.25) is 0 Å². The molecule has 0 spiro atoms. The third-order valence-corrected chi connectivity index (χ3v) is 3.91. The van der Waals surface area contributed by atoms with Gasteiger partial charge in [-0.2, -0.15) is 0 Å². The number of carbonyl (C=O) groups excluding carboxylic acids is 4. The van der Waals surface area contributed by atoms with Crippen LogP contribution < -0.4 is 0 Å². The number of benzene rings is 2. The number of hydrogen-bond donors (Lipinski definition) is 0. The van der Waals surface area contributed by atoms with E-state index in [9.17, 15) is 19.2 Å². The van der Waals surface area contributed by atoms with Gasteiger partial charge in [-0.1, -0.05) is 60.7 Å². The van der Waals surface area contributed by atoms with Crippen LogP contribution in [0.4, 0.5) is 0 Å². The van der Waals surface area contributed by atoms with Crippen LogP contribution in [0.5, 0.6) is 0 Å². The molecule has 7 heteroatoms. The van der Waals surface area contributed by atoms with Gasteiger partial charge in [0.2, 0.25) is 0 Å². The Morgan fingerprint density at radius 3 is 1.80 bits per heavy atom. The van der Waals surface area contributed by atoms with Gasteiger partial charge in [-0.3, -0.25) is 9.59 Å². The molecule has 0 atom stereocenters. The van der Waals surface area contributed by atoms with E-state index in [1.807, 2.05) is 12.1 Å². The second kappa shape index (κ2) is 12.0. The number of carbonyl (C=O) groups is 4. The van der Waals surface area contributed by atoms with Crippen LogP contribution in [0.3, 0.4) is 0 Å². The summed E-state index contributed by atoms with van der Waals surface area (Å²) < 4.78 is 14.4. The van der Waals surface area contributed by atoms with Crippen molar-refractivity contribution >= 4 is 23.9 Å².